The van der Waals surface area contributed by atoms with Crippen molar-refractivity contribution in [3.63, 3.8) is 0 Å². The summed E-state index contributed by atoms with van der Waals surface area (Å²) >= 11 is 0. The maximum atomic E-state index is 12.2. The summed E-state index contributed by atoms with van der Waals surface area (Å²) in [6.07, 6.45) is 8.26. The fourth-order valence-electron chi connectivity index (χ4n) is 11.2. The molecule has 18 unspecified atom stereocenters. The van der Waals surface area contributed by atoms with Crippen LogP contribution in [0.15, 0.2) is 36.0 Å². The van der Waals surface area contributed by atoms with E-state index in [9.17, 15) is 30.0 Å². The second-order valence-electron chi connectivity index (χ2n) is 19.9. The molecule has 7 aliphatic rings. The van der Waals surface area contributed by atoms with Crippen molar-refractivity contribution in [3.05, 3.63) is 36.0 Å². The molecule has 6 fully saturated rings. The van der Waals surface area contributed by atoms with Gasteiger partial charge < -0.3 is 58.3 Å². The van der Waals surface area contributed by atoms with Gasteiger partial charge in [0.15, 0.2) is 23.3 Å². The van der Waals surface area contributed by atoms with Crippen LogP contribution >= 0.6 is 0 Å². The zero-order valence-corrected chi connectivity index (χ0v) is 37.3. The molecule has 0 radical (unpaired) electrons. The first kappa shape index (κ1) is 46.7. The number of carboxylic acids is 1. The van der Waals surface area contributed by atoms with E-state index in [1.807, 2.05) is 26.0 Å². The van der Waals surface area contributed by atoms with Crippen molar-refractivity contribution in [2.24, 2.45) is 23.7 Å². The molecule has 0 aromatic rings. The first-order valence-corrected chi connectivity index (χ1v) is 23.0. The summed E-state index contributed by atoms with van der Waals surface area (Å²) in [7, 11) is 0. The minimum atomic E-state index is -2.00. The lowest BCUT2D eigenvalue weighted by Crippen LogP contribution is -2.60. The molecule has 61 heavy (non-hydrogen) atoms. The van der Waals surface area contributed by atoms with Crippen LogP contribution in [-0.4, -0.2) is 123 Å². The third-order valence-corrected chi connectivity index (χ3v) is 14.8. The molecule has 344 valence electrons. The van der Waals surface area contributed by atoms with Gasteiger partial charge in [0, 0.05) is 44.4 Å². The Kier molecular flexibility index (Phi) is 14.0. The van der Waals surface area contributed by atoms with Crippen LogP contribution in [0.25, 0.3) is 0 Å². The van der Waals surface area contributed by atoms with E-state index in [0.29, 0.717) is 75.4 Å². The van der Waals surface area contributed by atoms with E-state index in [2.05, 4.69) is 33.4 Å². The SMILES string of the molecule is C=C1C(O)C2OC3(CCC(C=CC(C)C4CC(C)=CC5(OC(CC(C)(O)C(=O)O)CCC5OC(C)=O)O4)O3)CCC2OC1C(O)CC(C)C1OC2(CCC1C)OCCCC2C. The van der Waals surface area contributed by atoms with Crippen molar-refractivity contribution in [2.45, 2.75) is 216 Å². The van der Waals surface area contributed by atoms with Gasteiger partial charge in [-0.2, -0.15) is 0 Å². The highest BCUT2D eigenvalue weighted by molar-refractivity contribution is 5.76. The van der Waals surface area contributed by atoms with Gasteiger partial charge in [-0.3, -0.25) is 4.79 Å². The van der Waals surface area contributed by atoms with Crippen LogP contribution in [0.2, 0.25) is 0 Å². The maximum Gasteiger partial charge on any atom is 0.335 e. The highest BCUT2D eigenvalue weighted by Crippen LogP contribution is 2.48. The maximum absolute atomic E-state index is 12.2. The van der Waals surface area contributed by atoms with Gasteiger partial charge >= 0.3 is 11.9 Å². The third kappa shape index (κ3) is 9.89. The number of carbonyl (C=O) groups excluding carboxylic acids is 1. The Bertz CT molecular complexity index is 1660. The Morgan fingerprint density at radius 1 is 1.03 bits per heavy atom. The van der Waals surface area contributed by atoms with Crippen molar-refractivity contribution in [3.8, 4) is 0 Å². The van der Waals surface area contributed by atoms with E-state index in [1.54, 1.807) is 0 Å². The number of aliphatic hydroxyl groups is 3. The lowest BCUT2D eigenvalue weighted by Gasteiger charge is -2.51. The average molecular weight is 861 g/mol. The lowest BCUT2D eigenvalue weighted by molar-refractivity contribution is -0.334. The van der Waals surface area contributed by atoms with Crippen LogP contribution in [0.1, 0.15) is 132 Å². The number of rotatable bonds is 11. The van der Waals surface area contributed by atoms with Crippen LogP contribution in [0.4, 0.5) is 0 Å². The van der Waals surface area contributed by atoms with Gasteiger partial charge in [0.2, 0.25) is 5.79 Å². The molecule has 6 saturated heterocycles. The zero-order chi connectivity index (χ0) is 44.1. The van der Waals surface area contributed by atoms with Gasteiger partial charge in [-0.1, -0.05) is 52.0 Å². The molecule has 0 aromatic heterocycles. The molecule has 18 atom stereocenters. The quantitative estimate of drug-likeness (QED) is 0.139. The molecular weight excluding hydrogens is 789 g/mol. The number of carbonyl (C=O) groups is 2. The normalized spacial score (nSPS) is 44.3. The van der Waals surface area contributed by atoms with E-state index in [0.717, 1.165) is 31.3 Å². The number of fused-ring (bicyclic) bond motifs is 1. The predicted molar refractivity (Wildman–Crippen MR) is 222 cm³/mol. The molecule has 4 N–H and O–H groups in total. The van der Waals surface area contributed by atoms with Crippen molar-refractivity contribution in [1.82, 2.24) is 0 Å². The molecule has 0 saturated carbocycles. The smallest absolute Gasteiger partial charge is 0.335 e. The molecule has 0 aliphatic carbocycles. The Hall–Kier alpha value is -2.24. The van der Waals surface area contributed by atoms with Crippen LogP contribution in [0.5, 0.6) is 0 Å². The highest BCUT2D eigenvalue weighted by Gasteiger charge is 2.56. The highest BCUT2D eigenvalue weighted by atomic mass is 16.7. The van der Waals surface area contributed by atoms with Gasteiger partial charge in [-0.15, -0.1) is 0 Å². The molecule has 7 aliphatic heterocycles. The number of carboxylic acid groups (broad SMARTS) is 1. The fraction of sp³-hybridized carbons (Fsp3) is 0.830. The van der Waals surface area contributed by atoms with Gasteiger partial charge in [-0.05, 0) is 95.1 Å². The summed E-state index contributed by atoms with van der Waals surface area (Å²) in [5, 5.41) is 43.3. The zero-order valence-electron chi connectivity index (χ0n) is 37.3. The summed E-state index contributed by atoms with van der Waals surface area (Å²) in [6, 6.07) is 0. The van der Waals surface area contributed by atoms with Gasteiger partial charge in [0.05, 0.1) is 43.2 Å². The Labute approximate surface area is 361 Å². The van der Waals surface area contributed by atoms with Gasteiger partial charge in [0.1, 0.15) is 18.3 Å². The standard InChI is InChI=1S/C47H72O14/c1-26-22-37(59-47(24-26)38(55-32(7)48)14-13-34(58-47)25-44(8,53)43(51)52)27(2)11-12-33-16-18-45(57-33)19-17-36-42(60-45)39(50)31(6)41(56-36)35(49)23-29(4)40-28(3)15-20-46(61-40)30(5)10-9-21-54-46/h11-12,24,27-30,33-42,49-50,53H,6,9-10,13-23,25H2,1-5,7-8H3,(H,51,52). The van der Waals surface area contributed by atoms with E-state index in [-0.39, 0.29) is 36.6 Å². The van der Waals surface area contributed by atoms with Gasteiger partial charge in [0.25, 0.3) is 0 Å². The molecule has 0 bridgehead atoms. The first-order valence-electron chi connectivity index (χ1n) is 23.0. The van der Waals surface area contributed by atoms with Crippen molar-refractivity contribution < 1.29 is 67.9 Å². The predicted octanol–water partition coefficient (Wildman–Crippen LogP) is 6.03. The molecule has 7 heterocycles. The second kappa shape index (κ2) is 18.3. The minimum Gasteiger partial charge on any atom is -0.479 e. The Morgan fingerprint density at radius 2 is 1.79 bits per heavy atom. The second-order valence-corrected chi connectivity index (χ2v) is 19.9. The number of hydrogen-bond donors (Lipinski definition) is 4. The molecule has 14 heteroatoms. The van der Waals surface area contributed by atoms with Crippen molar-refractivity contribution >= 4 is 11.9 Å². The van der Waals surface area contributed by atoms with Crippen molar-refractivity contribution in [1.29, 1.82) is 0 Å². The minimum absolute atomic E-state index is 0.0303. The monoisotopic (exact) mass is 860 g/mol. The number of aliphatic carboxylic acids is 1. The summed E-state index contributed by atoms with van der Waals surface area (Å²) < 4.78 is 51.6. The molecule has 0 amide bonds. The van der Waals surface area contributed by atoms with Gasteiger partial charge in [-0.25, -0.2) is 4.79 Å². The lowest BCUT2D eigenvalue weighted by atomic mass is 9.78. The molecule has 0 aromatic carbocycles. The number of hydrogen-bond acceptors (Lipinski definition) is 13. The van der Waals surface area contributed by atoms with E-state index in [4.69, 9.17) is 37.9 Å². The summed E-state index contributed by atoms with van der Waals surface area (Å²) in [6.45, 7) is 18.0. The van der Waals surface area contributed by atoms with E-state index >= 15 is 0 Å². The largest absolute Gasteiger partial charge is 0.479 e. The summed E-state index contributed by atoms with van der Waals surface area (Å²) in [4.78, 5) is 23.9. The topological polar surface area (TPSA) is 189 Å². The van der Waals surface area contributed by atoms with Crippen LogP contribution in [0.3, 0.4) is 0 Å². The first-order chi connectivity index (χ1) is 28.7. The summed E-state index contributed by atoms with van der Waals surface area (Å²) in [5.41, 5.74) is -0.613. The van der Waals surface area contributed by atoms with Crippen LogP contribution < -0.4 is 0 Å². The summed E-state index contributed by atoms with van der Waals surface area (Å²) in [5.74, 6) is -4.15. The van der Waals surface area contributed by atoms with Crippen molar-refractivity contribution in [2.75, 3.05) is 6.61 Å². The Morgan fingerprint density at radius 3 is 2.51 bits per heavy atom. The molecule has 7 rings (SSSR count). The number of ether oxygens (including phenoxy) is 8. The third-order valence-electron chi connectivity index (χ3n) is 14.8. The molecule has 14 nitrogen and oxygen atoms in total. The fourth-order valence-corrected chi connectivity index (χ4v) is 11.2. The average Bonchev–Trinajstić information content (AvgIpc) is 3.59. The molecular formula is C47H72O14. The Balaban J connectivity index is 0.941. The van der Waals surface area contributed by atoms with Crippen LogP contribution in [-0.2, 0) is 47.5 Å². The van der Waals surface area contributed by atoms with E-state index < -0.39 is 77.6 Å². The number of esters is 1. The van der Waals surface area contributed by atoms with E-state index in [1.165, 1.54) is 13.8 Å². The molecule has 3 spiro atoms. The number of aliphatic hydroxyl groups excluding tert-OH is 2. The van der Waals surface area contributed by atoms with Crippen LogP contribution in [0, 0.1) is 23.7 Å².